The van der Waals surface area contributed by atoms with Gasteiger partial charge in [0.15, 0.2) is 5.11 Å². The lowest BCUT2D eigenvalue weighted by atomic mass is 10.00. The van der Waals surface area contributed by atoms with Gasteiger partial charge in [0.1, 0.15) is 0 Å². The fraction of sp³-hybridized carbons (Fsp3) is 0.222. The average Bonchev–Trinajstić information content (AvgIpc) is 2.79. The van der Waals surface area contributed by atoms with E-state index >= 15 is 0 Å². The second-order valence-electron chi connectivity index (χ2n) is 5.26. The number of benzene rings is 2. The Balaban J connectivity index is 2.25. The van der Waals surface area contributed by atoms with Crippen molar-refractivity contribution in [2.24, 2.45) is 0 Å². The van der Waals surface area contributed by atoms with Crippen molar-refractivity contribution in [3.63, 3.8) is 0 Å². The molecule has 1 aliphatic rings. The normalized spacial score (nSPS) is 21.1. The van der Waals surface area contributed by atoms with E-state index in [4.69, 9.17) is 17.0 Å². The fourth-order valence-electron chi connectivity index (χ4n) is 2.90. The van der Waals surface area contributed by atoms with Gasteiger partial charge in [-0.1, -0.05) is 48.5 Å². The number of para-hydroxylation sites is 1. The standard InChI is InChI=1S/C18H18N2O2S/c1-3-22-18(14-10-6-4-7-11-14)16(21)19(2)17(23)20(18)15-12-8-5-9-13-15/h4-13H,3H2,1-2H3. The molecule has 1 heterocycles. The molecule has 1 aliphatic heterocycles. The number of ether oxygens (including phenoxy) is 1. The van der Waals surface area contributed by atoms with Gasteiger partial charge in [0.2, 0.25) is 0 Å². The highest BCUT2D eigenvalue weighted by Gasteiger charge is 2.57. The number of rotatable bonds is 4. The number of thiocarbonyl (C=S) groups is 1. The van der Waals surface area contributed by atoms with Crippen molar-refractivity contribution in [3.8, 4) is 0 Å². The second-order valence-corrected chi connectivity index (χ2v) is 5.63. The Labute approximate surface area is 141 Å². The van der Waals surface area contributed by atoms with E-state index in [0.29, 0.717) is 11.7 Å². The Morgan fingerprint density at radius 1 is 1.04 bits per heavy atom. The maximum Gasteiger partial charge on any atom is 0.287 e. The number of hydrogen-bond acceptors (Lipinski definition) is 3. The van der Waals surface area contributed by atoms with Crippen LogP contribution >= 0.6 is 12.2 Å². The molecule has 1 amide bonds. The van der Waals surface area contributed by atoms with E-state index in [1.807, 2.05) is 67.6 Å². The molecule has 0 N–H and O–H groups in total. The van der Waals surface area contributed by atoms with Crippen molar-refractivity contribution in [3.05, 3.63) is 66.2 Å². The molecule has 118 valence electrons. The van der Waals surface area contributed by atoms with Gasteiger partial charge >= 0.3 is 0 Å². The average molecular weight is 326 g/mol. The minimum atomic E-state index is -1.26. The molecule has 0 aliphatic carbocycles. The molecule has 0 saturated carbocycles. The summed E-state index contributed by atoms with van der Waals surface area (Å²) >= 11 is 5.54. The number of anilines is 1. The van der Waals surface area contributed by atoms with Gasteiger partial charge in [-0.05, 0) is 31.3 Å². The Bertz CT molecular complexity index is 720. The largest absolute Gasteiger partial charge is 0.343 e. The highest BCUT2D eigenvalue weighted by Crippen LogP contribution is 2.41. The Hall–Kier alpha value is -2.24. The van der Waals surface area contributed by atoms with Crippen LogP contribution in [0, 0.1) is 0 Å². The lowest BCUT2D eigenvalue weighted by Gasteiger charge is -2.36. The van der Waals surface area contributed by atoms with E-state index in [9.17, 15) is 4.79 Å². The topological polar surface area (TPSA) is 32.8 Å². The molecule has 3 rings (SSSR count). The lowest BCUT2D eigenvalue weighted by molar-refractivity contribution is -0.148. The molecule has 2 aromatic rings. The quantitative estimate of drug-likeness (QED) is 0.808. The summed E-state index contributed by atoms with van der Waals surface area (Å²) in [5.74, 6) is -0.181. The number of likely N-dealkylation sites (N-methyl/N-ethyl adjacent to an activating group) is 1. The van der Waals surface area contributed by atoms with Crippen molar-refractivity contribution in [1.29, 1.82) is 0 Å². The maximum atomic E-state index is 13.1. The Morgan fingerprint density at radius 2 is 1.61 bits per heavy atom. The van der Waals surface area contributed by atoms with Crippen LogP contribution in [0.15, 0.2) is 60.7 Å². The van der Waals surface area contributed by atoms with Gasteiger partial charge in [0, 0.05) is 24.9 Å². The van der Waals surface area contributed by atoms with Gasteiger partial charge in [-0.2, -0.15) is 0 Å². The van der Waals surface area contributed by atoms with Crippen molar-refractivity contribution >= 4 is 28.9 Å². The summed E-state index contributed by atoms with van der Waals surface area (Å²) in [5, 5.41) is 0.429. The molecule has 0 spiro atoms. The van der Waals surface area contributed by atoms with Crippen LogP contribution in [-0.2, 0) is 15.3 Å². The molecule has 5 heteroatoms. The van der Waals surface area contributed by atoms with E-state index in [1.54, 1.807) is 11.9 Å². The summed E-state index contributed by atoms with van der Waals surface area (Å²) in [4.78, 5) is 16.4. The smallest absolute Gasteiger partial charge is 0.287 e. The first kappa shape index (κ1) is 15.6. The highest BCUT2D eigenvalue weighted by atomic mass is 32.1. The monoisotopic (exact) mass is 326 g/mol. The van der Waals surface area contributed by atoms with Crippen LogP contribution in [0.25, 0.3) is 0 Å². The molecule has 0 bridgehead atoms. The van der Waals surface area contributed by atoms with Crippen molar-refractivity contribution in [2.75, 3.05) is 18.6 Å². The van der Waals surface area contributed by atoms with Gasteiger partial charge in [0.05, 0.1) is 0 Å². The van der Waals surface area contributed by atoms with Crippen LogP contribution in [-0.4, -0.2) is 29.6 Å². The van der Waals surface area contributed by atoms with Gasteiger partial charge in [0.25, 0.3) is 11.6 Å². The molecule has 1 fully saturated rings. The van der Waals surface area contributed by atoms with E-state index < -0.39 is 5.72 Å². The first-order valence-corrected chi connectivity index (χ1v) is 7.90. The van der Waals surface area contributed by atoms with Crippen molar-refractivity contribution in [2.45, 2.75) is 12.6 Å². The number of hydrogen-bond donors (Lipinski definition) is 0. The molecule has 0 radical (unpaired) electrons. The number of nitrogens with zero attached hydrogens (tertiary/aromatic N) is 2. The zero-order valence-corrected chi connectivity index (χ0v) is 13.9. The third-order valence-corrected chi connectivity index (χ3v) is 4.38. The van der Waals surface area contributed by atoms with Crippen LogP contribution in [0.5, 0.6) is 0 Å². The summed E-state index contributed by atoms with van der Waals surface area (Å²) < 4.78 is 6.04. The molecule has 1 unspecified atom stereocenters. The zero-order chi connectivity index (χ0) is 16.4. The lowest BCUT2D eigenvalue weighted by Crippen LogP contribution is -2.49. The Morgan fingerprint density at radius 3 is 2.17 bits per heavy atom. The Kier molecular flexibility index (Phi) is 4.15. The summed E-state index contributed by atoms with van der Waals surface area (Å²) in [7, 11) is 1.68. The maximum absolute atomic E-state index is 13.1. The molecule has 0 aromatic heterocycles. The predicted octanol–water partition coefficient (Wildman–Crippen LogP) is 3.14. The van der Waals surface area contributed by atoms with E-state index in [2.05, 4.69) is 0 Å². The van der Waals surface area contributed by atoms with Gasteiger partial charge in [-0.15, -0.1) is 0 Å². The number of amides is 1. The molecule has 1 atom stereocenters. The third-order valence-electron chi connectivity index (χ3n) is 3.92. The minimum Gasteiger partial charge on any atom is -0.343 e. The summed E-state index contributed by atoms with van der Waals surface area (Å²) in [6, 6.07) is 19.1. The first-order chi connectivity index (χ1) is 11.1. The second kappa shape index (κ2) is 6.10. The highest BCUT2D eigenvalue weighted by molar-refractivity contribution is 7.80. The van der Waals surface area contributed by atoms with Crippen LogP contribution < -0.4 is 4.90 Å². The van der Waals surface area contributed by atoms with Gasteiger partial charge in [-0.25, -0.2) is 0 Å². The van der Waals surface area contributed by atoms with Gasteiger partial charge in [-0.3, -0.25) is 14.6 Å². The minimum absolute atomic E-state index is 0.181. The van der Waals surface area contributed by atoms with Crippen LogP contribution in [0.1, 0.15) is 12.5 Å². The molecular formula is C18H18N2O2S. The SMILES string of the molecule is CCOC1(c2ccccc2)C(=O)N(C)C(=S)N1c1ccccc1. The summed E-state index contributed by atoms with van der Waals surface area (Å²) in [6.45, 7) is 2.27. The predicted molar refractivity (Wildman–Crippen MR) is 94.0 cm³/mol. The molecule has 2 aromatic carbocycles. The van der Waals surface area contributed by atoms with E-state index in [1.165, 1.54) is 4.90 Å². The number of carbonyl (C=O) groups is 1. The molecule has 1 saturated heterocycles. The van der Waals surface area contributed by atoms with Crippen molar-refractivity contribution in [1.82, 2.24) is 4.90 Å². The van der Waals surface area contributed by atoms with Gasteiger partial charge < -0.3 is 4.74 Å². The number of carbonyl (C=O) groups excluding carboxylic acids is 1. The molecule has 4 nitrogen and oxygen atoms in total. The van der Waals surface area contributed by atoms with E-state index in [0.717, 1.165) is 11.3 Å². The van der Waals surface area contributed by atoms with Crippen LogP contribution in [0.2, 0.25) is 0 Å². The zero-order valence-electron chi connectivity index (χ0n) is 13.1. The van der Waals surface area contributed by atoms with E-state index in [-0.39, 0.29) is 5.91 Å². The third kappa shape index (κ3) is 2.33. The molecule has 23 heavy (non-hydrogen) atoms. The summed E-state index contributed by atoms with van der Waals surface area (Å²) in [5.41, 5.74) is 0.332. The summed E-state index contributed by atoms with van der Waals surface area (Å²) in [6.07, 6.45) is 0. The van der Waals surface area contributed by atoms with Crippen molar-refractivity contribution < 1.29 is 9.53 Å². The van der Waals surface area contributed by atoms with Crippen LogP contribution in [0.3, 0.4) is 0 Å². The molecular weight excluding hydrogens is 308 g/mol. The fourth-order valence-corrected chi connectivity index (χ4v) is 3.22. The first-order valence-electron chi connectivity index (χ1n) is 7.49. The van der Waals surface area contributed by atoms with Crippen LogP contribution in [0.4, 0.5) is 5.69 Å².